The van der Waals surface area contributed by atoms with Gasteiger partial charge in [-0.05, 0) is 19.8 Å². The third-order valence-corrected chi connectivity index (χ3v) is 2.70. The average Bonchev–Trinajstić information content (AvgIpc) is 2.54. The number of hydrogen-bond donors (Lipinski definition) is 0. The molecule has 0 saturated carbocycles. The molecule has 0 aromatic carbocycles. The fourth-order valence-electron chi connectivity index (χ4n) is 1.78. The van der Waals surface area contributed by atoms with E-state index in [2.05, 4.69) is 20.8 Å². The smallest absolute Gasteiger partial charge is 0.160 e. The second-order valence-electron chi connectivity index (χ2n) is 3.96. The van der Waals surface area contributed by atoms with Crippen LogP contribution >= 0.6 is 0 Å². The monoisotopic (exact) mass is 186 g/mol. The van der Waals surface area contributed by atoms with Crippen LogP contribution in [0.2, 0.25) is 0 Å². The van der Waals surface area contributed by atoms with Crippen molar-refractivity contribution < 1.29 is 9.47 Å². The van der Waals surface area contributed by atoms with Crippen LogP contribution in [0.3, 0.4) is 0 Å². The van der Waals surface area contributed by atoms with Crippen LogP contribution in [-0.4, -0.2) is 19.0 Å². The van der Waals surface area contributed by atoms with E-state index in [0.717, 1.165) is 13.0 Å². The minimum absolute atomic E-state index is 0.0755. The zero-order valence-electron chi connectivity index (χ0n) is 9.08. The van der Waals surface area contributed by atoms with Crippen molar-refractivity contribution in [2.75, 3.05) is 6.61 Å². The van der Waals surface area contributed by atoms with Gasteiger partial charge in [-0.2, -0.15) is 0 Å². The van der Waals surface area contributed by atoms with Crippen molar-refractivity contribution in [2.24, 2.45) is 5.92 Å². The van der Waals surface area contributed by atoms with Crippen LogP contribution in [0.1, 0.15) is 46.5 Å². The van der Waals surface area contributed by atoms with E-state index in [4.69, 9.17) is 9.47 Å². The summed E-state index contributed by atoms with van der Waals surface area (Å²) in [6.45, 7) is 7.29. The van der Waals surface area contributed by atoms with E-state index in [1.807, 2.05) is 0 Å². The molecule has 1 rings (SSSR count). The Labute approximate surface area is 81.6 Å². The van der Waals surface area contributed by atoms with Crippen LogP contribution in [0.5, 0.6) is 0 Å². The van der Waals surface area contributed by atoms with E-state index >= 15 is 0 Å². The van der Waals surface area contributed by atoms with Crippen molar-refractivity contribution >= 4 is 0 Å². The molecule has 0 aromatic heterocycles. The Kier molecular flexibility index (Phi) is 4.74. The molecule has 1 fully saturated rings. The van der Waals surface area contributed by atoms with Crippen LogP contribution < -0.4 is 0 Å². The van der Waals surface area contributed by atoms with Crippen LogP contribution in [0.25, 0.3) is 0 Å². The van der Waals surface area contributed by atoms with Gasteiger partial charge < -0.3 is 9.47 Å². The molecule has 0 aromatic rings. The van der Waals surface area contributed by atoms with Gasteiger partial charge in [-0.3, -0.25) is 0 Å². The molecule has 0 radical (unpaired) electrons. The normalized spacial score (nSPS) is 30.7. The first-order valence-corrected chi connectivity index (χ1v) is 5.55. The Balaban J connectivity index is 2.29. The summed E-state index contributed by atoms with van der Waals surface area (Å²) in [4.78, 5) is 0. The maximum Gasteiger partial charge on any atom is 0.160 e. The largest absolute Gasteiger partial charge is 0.350 e. The zero-order valence-corrected chi connectivity index (χ0v) is 9.08. The predicted octanol–water partition coefficient (Wildman–Crippen LogP) is 2.96. The lowest BCUT2D eigenvalue weighted by molar-refractivity contribution is -0.0973. The molecule has 0 bridgehead atoms. The Morgan fingerprint density at radius 3 is 2.62 bits per heavy atom. The summed E-state index contributed by atoms with van der Waals surface area (Å²) < 4.78 is 11.3. The van der Waals surface area contributed by atoms with Gasteiger partial charge in [-0.1, -0.05) is 26.7 Å². The highest BCUT2D eigenvalue weighted by molar-refractivity contribution is 4.68. The predicted molar refractivity (Wildman–Crippen MR) is 53.6 cm³/mol. The van der Waals surface area contributed by atoms with Crippen LogP contribution in [0, 0.1) is 5.92 Å². The van der Waals surface area contributed by atoms with Crippen LogP contribution in [0.15, 0.2) is 0 Å². The van der Waals surface area contributed by atoms with Crippen LogP contribution in [-0.2, 0) is 9.47 Å². The summed E-state index contributed by atoms with van der Waals surface area (Å²) in [6, 6.07) is 0. The van der Waals surface area contributed by atoms with Gasteiger partial charge in [0.2, 0.25) is 0 Å². The molecule has 0 spiro atoms. The molecular weight excluding hydrogens is 164 g/mol. The molecule has 1 aliphatic heterocycles. The minimum Gasteiger partial charge on any atom is -0.350 e. The van der Waals surface area contributed by atoms with Gasteiger partial charge in [-0.25, -0.2) is 0 Å². The maximum absolute atomic E-state index is 5.69. The first kappa shape index (κ1) is 11.0. The summed E-state index contributed by atoms with van der Waals surface area (Å²) in [7, 11) is 0. The molecule has 1 aliphatic rings. The third-order valence-electron chi connectivity index (χ3n) is 2.70. The van der Waals surface area contributed by atoms with Crippen molar-refractivity contribution in [3.05, 3.63) is 0 Å². The van der Waals surface area contributed by atoms with Crippen molar-refractivity contribution in [1.29, 1.82) is 0 Å². The van der Waals surface area contributed by atoms with E-state index in [-0.39, 0.29) is 6.29 Å². The SMILES string of the molecule is CCCC[C@H](CC)[C@@H]1OC[C@H](C)O1. The number of rotatable bonds is 5. The van der Waals surface area contributed by atoms with Gasteiger partial charge in [-0.15, -0.1) is 0 Å². The van der Waals surface area contributed by atoms with Gasteiger partial charge in [0.15, 0.2) is 6.29 Å². The second-order valence-corrected chi connectivity index (χ2v) is 3.96. The first-order chi connectivity index (χ1) is 6.27. The lowest BCUT2D eigenvalue weighted by Crippen LogP contribution is -2.21. The summed E-state index contributed by atoms with van der Waals surface area (Å²) in [5.41, 5.74) is 0. The molecule has 1 saturated heterocycles. The molecule has 0 unspecified atom stereocenters. The van der Waals surface area contributed by atoms with E-state index < -0.39 is 0 Å². The molecule has 2 heteroatoms. The van der Waals surface area contributed by atoms with Crippen LogP contribution in [0.4, 0.5) is 0 Å². The summed E-state index contributed by atoms with van der Waals surface area (Å²) in [5.74, 6) is 0.602. The first-order valence-electron chi connectivity index (χ1n) is 5.55. The summed E-state index contributed by atoms with van der Waals surface area (Å²) in [6.07, 6.45) is 5.32. The lowest BCUT2D eigenvalue weighted by Gasteiger charge is -2.20. The van der Waals surface area contributed by atoms with Crippen molar-refractivity contribution in [3.8, 4) is 0 Å². The number of hydrogen-bond acceptors (Lipinski definition) is 2. The molecule has 0 aliphatic carbocycles. The van der Waals surface area contributed by atoms with Crippen molar-refractivity contribution in [1.82, 2.24) is 0 Å². The standard InChI is InChI=1S/C11H22O2/c1-4-6-7-10(5-2)11-12-8-9(3)13-11/h9-11H,4-8H2,1-3H3/t9-,10-,11+/m0/s1. The molecule has 1 heterocycles. The lowest BCUT2D eigenvalue weighted by atomic mass is 9.99. The second kappa shape index (κ2) is 5.61. The molecule has 3 atom stereocenters. The Bertz CT molecular complexity index is 136. The third kappa shape index (κ3) is 3.28. The highest BCUT2D eigenvalue weighted by atomic mass is 16.7. The van der Waals surface area contributed by atoms with Gasteiger partial charge in [0.25, 0.3) is 0 Å². The molecule has 78 valence electrons. The number of unbranched alkanes of at least 4 members (excludes halogenated alkanes) is 1. The number of ether oxygens (including phenoxy) is 2. The maximum atomic E-state index is 5.69. The Morgan fingerprint density at radius 1 is 1.38 bits per heavy atom. The quantitative estimate of drug-likeness (QED) is 0.657. The molecule has 0 N–H and O–H groups in total. The molecule has 13 heavy (non-hydrogen) atoms. The molecule has 0 amide bonds. The van der Waals surface area contributed by atoms with Gasteiger partial charge in [0.05, 0.1) is 12.7 Å². The zero-order chi connectivity index (χ0) is 9.68. The summed E-state index contributed by atoms with van der Waals surface area (Å²) in [5, 5.41) is 0. The van der Waals surface area contributed by atoms with Gasteiger partial charge in [0, 0.05) is 5.92 Å². The Hall–Kier alpha value is -0.0800. The highest BCUT2D eigenvalue weighted by Crippen LogP contribution is 2.25. The van der Waals surface area contributed by atoms with E-state index in [9.17, 15) is 0 Å². The molecule has 2 nitrogen and oxygen atoms in total. The van der Waals surface area contributed by atoms with Crippen molar-refractivity contribution in [3.63, 3.8) is 0 Å². The molecular formula is C11H22O2. The van der Waals surface area contributed by atoms with E-state index in [1.165, 1.54) is 19.3 Å². The van der Waals surface area contributed by atoms with Gasteiger partial charge in [0.1, 0.15) is 0 Å². The van der Waals surface area contributed by atoms with Crippen molar-refractivity contribution in [2.45, 2.75) is 58.8 Å². The van der Waals surface area contributed by atoms with E-state index in [0.29, 0.717) is 12.0 Å². The summed E-state index contributed by atoms with van der Waals surface area (Å²) >= 11 is 0. The fourth-order valence-corrected chi connectivity index (χ4v) is 1.78. The highest BCUT2D eigenvalue weighted by Gasteiger charge is 2.28. The average molecular weight is 186 g/mol. The Morgan fingerprint density at radius 2 is 2.15 bits per heavy atom. The topological polar surface area (TPSA) is 18.5 Å². The fraction of sp³-hybridized carbons (Fsp3) is 1.00. The van der Waals surface area contributed by atoms with E-state index in [1.54, 1.807) is 0 Å². The van der Waals surface area contributed by atoms with Gasteiger partial charge >= 0.3 is 0 Å². The minimum atomic E-state index is 0.0755.